The molecule has 0 aliphatic heterocycles. The Kier molecular flexibility index (Phi) is 7.06. The first-order valence-electron chi connectivity index (χ1n) is 18.4. The van der Waals surface area contributed by atoms with E-state index in [1.54, 1.807) is 0 Å². The van der Waals surface area contributed by atoms with Crippen molar-refractivity contribution in [3.8, 4) is 22.3 Å². The second kappa shape index (κ2) is 12.0. The highest BCUT2D eigenvalue weighted by atomic mass is 16.3. The zero-order valence-corrected chi connectivity index (χ0v) is 30.0. The second-order valence-corrected chi connectivity index (χ2v) is 15.0. The molecule has 10 aromatic rings. The van der Waals surface area contributed by atoms with Gasteiger partial charge in [0.2, 0.25) is 0 Å². The number of fused-ring (bicyclic) bond motifs is 7. The van der Waals surface area contributed by atoms with Crippen LogP contribution in [0.5, 0.6) is 0 Å². The number of aromatic nitrogens is 1. The van der Waals surface area contributed by atoms with Crippen molar-refractivity contribution in [3.05, 3.63) is 176 Å². The number of benzene rings is 8. The molecule has 0 bridgehead atoms. The van der Waals surface area contributed by atoms with Crippen molar-refractivity contribution in [3.63, 3.8) is 0 Å². The Balaban J connectivity index is 1.17. The fourth-order valence-electron chi connectivity index (χ4n) is 8.34. The lowest BCUT2D eigenvalue weighted by Crippen LogP contribution is -2.21. The van der Waals surface area contributed by atoms with Gasteiger partial charge in [-0.05, 0) is 102 Å². The standard InChI is InChI=1S/C50H38N2O/c1-50(2,3)52-45-19-11-9-17-41(45)42-29-26-37(31-46(42)52)51(38-27-30-44-43-18-10-12-20-47(43)53-48(44)32-38)36-24-21-34(22-25-36)40-28-23-33-13-7-8-16-39(33)49(40)35-14-5-4-6-15-35/h4-32H,1-3H3. The minimum atomic E-state index is -0.115. The van der Waals surface area contributed by atoms with Crippen LogP contribution >= 0.6 is 0 Å². The van der Waals surface area contributed by atoms with Crippen LogP contribution in [0.3, 0.4) is 0 Å². The highest BCUT2D eigenvalue weighted by Gasteiger charge is 2.23. The molecule has 2 aromatic heterocycles. The van der Waals surface area contributed by atoms with Crippen molar-refractivity contribution in [1.82, 2.24) is 4.57 Å². The van der Waals surface area contributed by atoms with Crippen molar-refractivity contribution >= 4 is 71.6 Å². The summed E-state index contributed by atoms with van der Waals surface area (Å²) in [6.45, 7) is 6.86. The van der Waals surface area contributed by atoms with Gasteiger partial charge in [-0.3, -0.25) is 0 Å². The molecule has 0 amide bonds. The van der Waals surface area contributed by atoms with Gasteiger partial charge in [0.05, 0.1) is 5.52 Å². The van der Waals surface area contributed by atoms with Crippen LogP contribution in [0.2, 0.25) is 0 Å². The Morgan fingerprint density at radius 1 is 0.434 bits per heavy atom. The number of anilines is 3. The molecule has 2 heterocycles. The smallest absolute Gasteiger partial charge is 0.137 e. The van der Waals surface area contributed by atoms with E-state index < -0.39 is 0 Å². The molecule has 0 saturated carbocycles. The molecule has 3 heteroatoms. The third kappa shape index (κ3) is 5.11. The summed E-state index contributed by atoms with van der Waals surface area (Å²) in [5.74, 6) is 0. The van der Waals surface area contributed by atoms with E-state index in [1.807, 2.05) is 12.1 Å². The average molecular weight is 683 g/mol. The van der Waals surface area contributed by atoms with Crippen LogP contribution in [-0.2, 0) is 5.54 Å². The van der Waals surface area contributed by atoms with Gasteiger partial charge in [-0.25, -0.2) is 0 Å². The predicted octanol–water partition coefficient (Wildman–Crippen LogP) is 14.4. The van der Waals surface area contributed by atoms with Crippen LogP contribution in [0.25, 0.3) is 76.8 Å². The van der Waals surface area contributed by atoms with Crippen LogP contribution in [-0.4, -0.2) is 4.57 Å². The van der Waals surface area contributed by atoms with Crippen molar-refractivity contribution < 1.29 is 4.42 Å². The number of hydrogen-bond donors (Lipinski definition) is 0. The molecule has 53 heavy (non-hydrogen) atoms. The zero-order valence-electron chi connectivity index (χ0n) is 30.0. The molecule has 8 aromatic carbocycles. The fourth-order valence-corrected chi connectivity index (χ4v) is 8.34. The van der Waals surface area contributed by atoms with Crippen molar-refractivity contribution in [1.29, 1.82) is 0 Å². The minimum absolute atomic E-state index is 0.115. The maximum absolute atomic E-state index is 6.43. The van der Waals surface area contributed by atoms with Gasteiger partial charge in [0.25, 0.3) is 0 Å². The van der Waals surface area contributed by atoms with E-state index in [-0.39, 0.29) is 5.54 Å². The van der Waals surface area contributed by atoms with Crippen molar-refractivity contribution in [2.75, 3.05) is 4.90 Å². The Labute approximate surface area is 309 Å². The highest BCUT2D eigenvalue weighted by Crippen LogP contribution is 2.44. The van der Waals surface area contributed by atoms with Crippen molar-refractivity contribution in [2.24, 2.45) is 0 Å². The van der Waals surface area contributed by atoms with Gasteiger partial charge in [0.15, 0.2) is 0 Å². The topological polar surface area (TPSA) is 21.3 Å². The van der Waals surface area contributed by atoms with Crippen LogP contribution in [0.4, 0.5) is 17.1 Å². The van der Waals surface area contributed by atoms with Gasteiger partial charge in [0.1, 0.15) is 11.2 Å². The van der Waals surface area contributed by atoms with Crippen LogP contribution in [0.1, 0.15) is 20.8 Å². The molecular weight excluding hydrogens is 645 g/mol. The summed E-state index contributed by atoms with van der Waals surface area (Å²) in [6.07, 6.45) is 0. The molecule has 0 aliphatic rings. The number of furan rings is 1. The summed E-state index contributed by atoms with van der Waals surface area (Å²) in [7, 11) is 0. The Morgan fingerprint density at radius 2 is 1.04 bits per heavy atom. The third-order valence-electron chi connectivity index (χ3n) is 10.6. The van der Waals surface area contributed by atoms with E-state index >= 15 is 0 Å². The first kappa shape index (κ1) is 31.2. The Bertz CT molecular complexity index is 2980. The lowest BCUT2D eigenvalue weighted by molar-refractivity contribution is 0.423. The quantitative estimate of drug-likeness (QED) is 0.180. The molecule has 0 radical (unpaired) electrons. The average Bonchev–Trinajstić information content (AvgIpc) is 3.73. The monoisotopic (exact) mass is 682 g/mol. The number of hydrogen-bond acceptors (Lipinski definition) is 2. The molecule has 3 nitrogen and oxygen atoms in total. The summed E-state index contributed by atoms with van der Waals surface area (Å²) in [5, 5.41) is 7.27. The predicted molar refractivity (Wildman–Crippen MR) is 225 cm³/mol. The first-order valence-corrected chi connectivity index (χ1v) is 18.4. The van der Waals surface area contributed by atoms with E-state index in [2.05, 4.69) is 194 Å². The van der Waals surface area contributed by atoms with Gasteiger partial charge >= 0.3 is 0 Å². The molecule has 0 saturated heterocycles. The molecule has 0 unspecified atom stereocenters. The first-order chi connectivity index (χ1) is 25.9. The number of para-hydroxylation sites is 2. The fraction of sp³-hybridized carbons (Fsp3) is 0.0800. The van der Waals surface area contributed by atoms with Crippen molar-refractivity contribution in [2.45, 2.75) is 26.3 Å². The molecule has 0 N–H and O–H groups in total. The second-order valence-electron chi connectivity index (χ2n) is 15.0. The lowest BCUT2D eigenvalue weighted by Gasteiger charge is -2.27. The molecular formula is C50H38N2O. The van der Waals surface area contributed by atoms with Gasteiger partial charge in [-0.15, -0.1) is 0 Å². The SMILES string of the molecule is CC(C)(C)n1c2ccccc2c2ccc(N(c3ccc(-c4ccc5ccccc5c4-c4ccccc4)cc3)c3ccc4c(c3)oc3ccccc34)cc21. The Hall–Kier alpha value is -6.58. The van der Waals surface area contributed by atoms with Crippen LogP contribution in [0.15, 0.2) is 180 Å². The number of nitrogens with zero attached hydrogens (tertiary/aromatic N) is 2. The molecule has 254 valence electrons. The summed E-state index contributed by atoms with van der Waals surface area (Å²) in [5.41, 5.74) is 12.2. The van der Waals surface area contributed by atoms with E-state index in [0.717, 1.165) is 39.0 Å². The summed E-state index contributed by atoms with van der Waals surface area (Å²) in [4.78, 5) is 2.36. The molecule has 0 spiro atoms. The van der Waals surface area contributed by atoms with E-state index in [4.69, 9.17) is 4.42 Å². The van der Waals surface area contributed by atoms with E-state index in [1.165, 1.54) is 54.8 Å². The summed E-state index contributed by atoms with van der Waals surface area (Å²) in [6, 6.07) is 63.5. The highest BCUT2D eigenvalue weighted by molar-refractivity contribution is 6.10. The molecule has 0 aliphatic carbocycles. The zero-order chi connectivity index (χ0) is 35.7. The van der Waals surface area contributed by atoms with Gasteiger partial charge in [0, 0.05) is 55.7 Å². The van der Waals surface area contributed by atoms with Gasteiger partial charge in [-0.2, -0.15) is 0 Å². The molecule has 10 rings (SSSR count). The number of rotatable bonds is 5. The van der Waals surface area contributed by atoms with E-state index in [0.29, 0.717) is 0 Å². The normalized spacial score (nSPS) is 12.1. The van der Waals surface area contributed by atoms with Gasteiger partial charge in [-0.1, -0.05) is 121 Å². The molecule has 0 fully saturated rings. The lowest BCUT2D eigenvalue weighted by atomic mass is 9.90. The molecule has 0 atom stereocenters. The minimum Gasteiger partial charge on any atom is -0.456 e. The Morgan fingerprint density at radius 3 is 1.83 bits per heavy atom. The van der Waals surface area contributed by atoms with E-state index in [9.17, 15) is 0 Å². The summed E-state index contributed by atoms with van der Waals surface area (Å²) < 4.78 is 8.91. The maximum atomic E-state index is 6.43. The largest absolute Gasteiger partial charge is 0.456 e. The van der Waals surface area contributed by atoms with Crippen LogP contribution < -0.4 is 4.90 Å². The third-order valence-corrected chi connectivity index (χ3v) is 10.6. The summed E-state index contributed by atoms with van der Waals surface area (Å²) >= 11 is 0. The van der Waals surface area contributed by atoms with Gasteiger partial charge < -0.3 is 13.9 Å². The van der Waals surface area contributed by atoms with Crippen LogP contribution in [0, 0.1) is 0 Å². The maximum Gasteiger partial charge on any atom is 0.137 e.